The van der Waals surface area contributed by atoms with Gasteiger partial charge in [0.1, 0.15) is 43.4 Å². The van der Waals surface area contributed by atoms with E-state index in [1.165, 1.54) is 24.8 Å². The lowest BCUT2D eigenvalue weighted by molar-refractivity contribution is -0.198. The number of nitrogens with two attached hydrogens (primary N) is 1. The van der Waals surface area contributed by atoms with Crippen LogP contribution in [-0.4, -0.2) is 64.5 Å². The Labute approximate surface area is 287 Å². The van der Waals surface area contributed by atoms with Gasteiger partial charge in [-0.15, -0.1) is 0 Å². The van der Waals surface area contributed by atoms with Crippen molar-refractivity contribution in [1.29, 1.82) is 0 Å². The summed E-state index contributed by atoms with van der Waals surface area (Å²) in [5.41, 5.74) is 8.57. The molecule has 2 aromatic heterocycles. The summed E-state index contributed by atoms with van der Waals surface area (Å²) in [6.07, 6.45) is -0.301. The summed E-state index contributed by atoms with van der Waals surface area (Å²) in [4.78, 5) is 25.8. The molecule has 15 nitrogen and oxygen atoms in total. The second kappa shape index (κ2) is 13.6. The zero-order valence-electron chi connectivity index (χ0n) is 27.0. The molecule has 2 saturated heterocycles. The Kier molecular flexibility index (Phi) is 9.11. The number of hydrogen-bond acceptors (Lipinski definition) is 13. The molecule has 4 heterocycles. The number of nitrogen functional groups attached to an aromatic ring is 1. The maximum atomic E-state index is 13.2. The molecule has 0 saturated carbocycles. The van der Waals surface area contributed by atoms with Crippen LogP contribution in [0.1, 0.15) is 41.6 Å². The Morgan fingerprint density at radius 3 is 2.26 bits per heavy atom. The minimum atomic E-state index is -4.61. The van der Waals surface area contributed by atoms with Gasteiger partial charge in [-0.1, -0.05) is 60.7 Å². The number of carbonyl (C=O) groups is 1. The van der Waals surface area contributed by atoms with Crippen LogP contribution in [0.5, 0.6) is 11.5 Å². The number of anilines is 1. The number of fused-ring (bicyclic) bond motifs is 2. The first-order valence-electron chi connectivity index (χ1n) is 15.7. The van der Waals surface area contributed by atoms with E-state index in [-0.39, 0.29) is 30.3 Å². The summed E-state index contributed by atoms with van der Waals surface area (Å²) in [5, 5.41) is 0. The fourth-order valence-electron chi connectivity index (χ4n) is 5.78. The van der Waals surface area contributed by atoms with Crippen LogP contribution in [0.2, 0.25) is 0 Å². The molecule has 3 aromatic carbocycles. The van der Waals surface area contributed by atoms with Crippen molar-refractivity contribution in [2.24, 2.45) is 0 Å². The Morgan fingerprint density at radius 2 is 1.56 bits per heavy atom. The molecule has 0 spiro atoms. The van der Waals surface area contributed by atoms with Crippen molar-refractivity contribution in [3.63, 3.8) is 0 Å². The highest BCUT2D eigenvalue weighted by atomic mass is 32.2. The fraction of sp³-hybridized carbons (Fsp3) is 0.294. The third-order valence-corrected chi connectivity index (χ3v) is 8.95. The molecule has 2 aliphatic heterocycles. The molecule has 5 aromatic rings. The lowest BCUT2D eigenvalue weighted by atomic mass is 10.1. The van der Waals surface area contributed by atoms with Gasteiger partial charge < -0.3 is 29.4 Å². The van der Waals surface area contributed by atoms with Crippen LogP contribution < -0.4 is 19.9 Å². The van der Waals surface area contributed by atoms with E-state index in [0.29, 0.717) is 16.9 Å². The zero-order chi connectivity index (χ0) is 34.9. The molecule has 0 radical (unpaired) electrons. The predicted molar refractivity (Wildman–Crippen MR) is 178 cm³/mol. The van der Waals surface area contributed by atoms with Gasteiger partial charge in [-0.2, -0.15) is 8.42 Å². The molecule has 0 bridgehead atoms. The van der Waals surface area contributed by atoms with Gasteiger partial charge in [0.05, 0.1) is 12.9 Å². The molecule has 2 fully saturated rings. The number of ether oxygens (including phenoxy) is 5. The lowest BCUT2D eigenvalue weighted by Gasteiger charge is -2.24. The van der Waals surface area contributed by atoms with Crippen LogP contribution in [0.15, 0.2) is 91.5 Å². The Morgan fingerprint density at radius 1 is 0.900 bits per heavy atom. The second-order valence-corrected chi connectivity index (χ2v) is 13.4. The standard InChI is InChI=1S/C34H34N6O9S/c1-34(2)48-28-26(47-33(29(28)49-34)40-20-38-27-30(35)36-19-37-31(27)40)18-46-50(42,43)39-32(41)23-13-14-24(44-16-21-9-5-3-6-10-21)25(15-23)45-17-22-11-7-4-8-12-22/h3-15,19-20,26,28-29,33H,16-18H2,1-2H3,(H,39,41)(H2,35,36,37)/t26-,28-,29-,33-/m1/s1. The monoisotopic (exact) mass is 702 g/mol. The Hall–Kier alpha value is -5.13. The molecule has 16 heteroatoms. The normalized spacial score (nSPS) is 21.2. The van der Waals surface area contributed by atoms with Crippen molar-refractivity contribution in [3.8, 4) is 11.5 Å². The number of nitrogens with zero attached hydrogens (tertiary/aromatic N) is 4. The first kappa shape index (κ1) is 33.4. The number of benzene rings is 3. The van der Waals surface area contributed by atoms with Crippen LogP contribution in [0.3, 0.4) is 0 Å². The van der Waals surface area contributed by atoms with Crippen molar-refractivity contribution in [3.05, 3.63) is 108 Å². The maximum absolute atomic E-state index is 13.2. The summed E-state index contributed by atoms with van der Waals surface area (Å²) in [7, 11) is -4.61. The topological polar surface area (TPSA) is 188 Å². The minimum absolute atomic E-state index is 0.00654. The zero-order valence-corrected chi connectivity index (χ0v) is 27.9. The number of hydrogen-bond donors (Lipinski definition) is 2. The van der Waals surface area contributed by atoms with Crippen molar-refractivity contribution in [2.45, 2.75) is 57.4 Å². The summed E-state index contributed by atoms with van der Waals surface area (Å²) < 4.78 is 65.3. The largest absolute Gasteiger partial charge is 0.485 e. The number of imidazole rings is 1. The van der Waals surface area contributed by atoms with E-state index in [0.717, 1.165) is 11.1 Å². The molecule has 260 valence electrons. The van der Waals surface area contributed by atoms with Crippen LogP contribution in [-0.2, 0) is 41.9 Å². The van der Waals surface area contributed by atoms with Gasteiger partial charge in [0.15, 0.2) is 35.0 Å². The van der Waals surface area contributed by atoms with Crippen molar-refractivity contribution in [1.82, 2.24) is 24.2 Å². The first-order valence-corrected chi connectivity index (χ1v) is 17.1. The first-order chi connectivity index (χ1) is 24.1. The summed E-state index contributed by atoms with van der Waals surface area (Å²) in [6, 6.07) is 23.4. The maximum Gasteiger partial charge on any atom is 0.362 e. The highest BCUT2D eigenvalue weighted by Gasteiger charge is 2.56. The van der Waals surface area contributed by atoms with E-state index in [1.807, 2.05) is 65.4 Å². The summed E-state index contributed by atoms with van der Waals surface area (Å²) >= 11 is 0. The third kappa shape index (κ3) is 7.24. The van der Waals surface area contributed by atoms with E-state index in [9.17, 15) is 13.2 Å². The van der Waals surface area contributed by atoms with E-state index in [4.69, 9.17) is 33.6 Å². The quantitative estimate of drug-likeness (QED) is 0.192. The molecule has 0 aliphatic carbocycles. The van der Waals surface area contributed by atoms with Gasteiger partial charge in [0.25, 0.3) is 5.91 Å². The fourth-order valence-corrected chi connectivity index (χ4v) is 6.50. The molecule has 7 rings (SSSR count). The van der Waals surface area contributed by atoms with Crippen LogP contribution in [0.25, 0.3) is 11.2 Å². The lowest BCUT2D eigenvalue weighted by Crippen LogP contribution is -2.37. The average molecular weight is 703 g/mol. The Balaban J connectivity index is 1.04. The SMILES string of the molecule is CC1(C)O[C@@H]2[C@H](O1)[C@@H](COS(=O)(=O)NC(=O)c1ccc(OCc3ccccc3)c(OCc3ccccc3)c1)O[C@H]2n1cnc2c(N)ncnc21. The smallest absolute Gasteiger partial charge is 0.362 e. The molecule has 50 heavy (non-hydrogen) atoms. The third-order valence-electron chi connectivity index (χ3n) is 8.07. The average Bonchev–Trinajstić information content (AvgIpc) is 3.77. The van der Waals surface area contributed by atoms with Crippen molar-refractivity contribution in [2.75, 3.05) is 12.3 Å². The summed E-state index contributed by atoms with van der Waals surface area (Å²) in [5.74, 6) is -1.10. The molecule has 4 atom stereocenters. The highest BCUT2D eigenvalue weighted by molar-refractivity contribution is 7.85. The van der Waals surface area contributed by atoms with Crippen LogP contribution >= 0.6 is 0 Å². The molecule has 0 unspecified atom stereocenters. The Bertz CT molecular complexity index is 2100. The summed E-state index contributed by atoms with van der Waals surface area (Å²) in [6.45, 7) is 3.43. The molecule has 3 N–H and O–H groups in total. The number of aromatic nitrogens is 4. The van der Waals surface area contributed by atoms with Gasteiger partial charge in [-0.3, -0.25) is 13.5 Å². The van der Waals surface area contributed by atoms with E-state index in [1.54, 1.807) is 24.5 Å². The minimum Gasteiger partial charge on any atom is -0.485 e. The predicted octanol–water partition coefficient (Wildman–Crippen LogP) is 3.68. The van der Waals surface area contributed by atoms with Crippen LogP contribution in [0, 0.1) is 0 Å². The molecular formula is C34H34N6O9S. The van der Waals surface area contributed by atoms with Gasteiger partial charge in [0, 0.05) is 5.56 Å². The molecule has 2 aliphatic rings. The number of nitrogens with one attached hydrogen (secondary N) is 1. The van der Waals surface area contributed by atoms with Crippen LogP contribution in [0.4, 0.5) is 5.82 Å². The number of rotatable bonds is 12. The van der Waals surface area contributed by atoms with Crippen molar-refractivity contribution < 1.29 is 41.1 Å². The van der Waals surface area contributed by atoms with E-state index < -0.39 is 53.1 Å². The van der Waals surface area contributed by atoms with Crippen molar-refractivity contribution >= 4 is 33.2 Å². The number of amides is 1. The van der Waals surface area contributed by atoms with Gasteiger partial charge in [0.2, 0.25) is 0 Å². The molecular weight excluding hydrogens is 668 g/mol. The van der Waals surface area contributed by atoms with E-state index in [2.05, 4.69) is 15.0 Å². The second-order valence-electron chi connectivity index (χ2n) is 12.1. The molecule has 1 amide bonds. The highest BCUT2D eigenvalue weighted by Crippen LogP contribution is 2.44. The van der Waals surface area contributed by atoms with Gasteiger partial charge in [-0.25, -0.2) is 19.7 Å². The number of carbonyl (C=O) groups excluding carboxylic acids is 1. The van der Waals surface area contributed by atoms with E-state index >= 15 is 0 Å². The van der Waals surface area contributed by atoms with Gasteiger partial charge in [-0.05, 0) is 43.2 Å². The van der Waals surface area contributed by atoms with Gasteiger partial charge >= 0.3 is 10.3 Å².